The molecule has 0 bridgehead atoms. The zero-order chi connectivity index (χ0) is 37.6. The summed E-state index contributed by atoms with van der Waals surface area (Å²) in [5.41, 5.74) is 5.60. The van der Waals surface area contributed by atoms with E-state index >= 15 is 4.79 Å². The molecule has 1 aromatic rings. The van der Waals surface area contributed by atoms with Crippen LogP contribution in [0.3, 0.4) is 0 Å². The van der Waals surface area contributed by atoms with Gasteiger partial charge >= 0.3 is 0 Å². The Balaban J connectivity index is 0.00000936. The third kappa shape index (κ3) is 13.1. The summed E-state index contributed by atoms with van der Waals surface area (Å²) < 4.78 is 6.04. The van der Waals surface area contributed by atoms with Gasteiger partial charge in [-0.1, -0.05) is 90.1 Å². The number of hydrogen-bond acceptors (Lipinski definition) is 9. The first-order chi connectivity index (χ1) is 24.3. The molecule has 13 heteroatoms. The van der Waals surface area contributed by atoms with Gasteiger partial charge < -0.3 is 36.6 Å². The highest BCUT2D eigenvalue weighted by Crippen LogP contribution is 2.39. The number of carbonyl (C=O) groups excluding carboxylic acids is 4. The van der Waals surface area contributed by atoms with E-state index in [1.807, 2.05) is 58.0 Å². The van der Waals surface area contributed by atoms with Gasteiger partial charge in [-0.15, -0.1) is 12.4 Å². The van der Waals surface area contributed by atoms with Crippen molar-refractivity contribution in [2.75, 3.05) is 32.8 Å². The lowest BCUT2D eigenvalue weighted by molar-refractivity contribution is -0.163. The molecular formula is C39H64ClN5O7. The van der Waals surface area contributed by atoms with Gasteiger partial charge in [0.05, 0.1) is 44.4 Å². The topological polar surface area (TPSA) is 183 Å². The van der Waals surface area contributed by atoms with Crippen molar-refractivity contribution in [1.29, 1.82) is 0 Å². The molecule has 0 saturated heterocycles. The van der Waals surface area contributed by atoms with Crippen LogP contribution in [0.1, 0.15) is 91.5 Å². The first-order valence-electron chi connectivity index (χ1n) is 18.8. The molecule has 4 amide bonds. The van der Waals surface area contributed by atoms with E-state index in [1.165, 1.54) is 6.92 Å². The molecule has 2 unspecified atom stereocenters. The lowest BCUT2D eigenvalue weighted by Gasteiger charge is -2.46. The number of rotatable bonds is 20. The fourth-order valence-electron chi connectivity index (χ4n) is 7.45. The van der Waals surface area contributed by atoms with E-state index in [1.54, 1.807) is 6.08 Å². The SMILES string of the molecule is CC(=O)N(C(=O)[C@@H](N)Cc1ccccc1)[C@](CC(C)C)(C(=O)N[C@@H](CC1CCCCC1)C(O)CC(=O)NCC(C)C)C1C=C(CNCCO)OC1.Cl. The number of nitrogens with two attached hydrogens (primary N) is 1. The highest BCUT2D eigenvalue weighted by Gasteiger charge is 2.56. The van der Waals surface area contributed by atoms with Crippen LogP contribution in [0.15, 0.2) is 42.2 Å². The molecule has 2 aliphatic rings. The standard InChI is InChI=1S/C39H63N5O7.ClH/c1-26(2)22-39(31-20-32(51-25-31)24-41-16-17-45,44(28(5)46)37(49)33(40)18-29-12-8-6-9-13-29)38(50)43-34(19-30-14-10-7-11-15-30)35(47)21-36(48)42-23-27(3)4;/h6,8-9,12-13,20,26-27,30-31,33-35,41,45,47H,7,10-11,14-19,21-25,40H2,1-5H3,(H,42,48)(H,43,50);1H/t31?,33-,34-,35?,39-;/m0./s1. The summed E-state index contributed by atoms with van der Waals surface area (Å²) in [5.74, 6) is -2.13. The summed E-state index contributed by atoms with van der Waals surface area (Å²) in [4.78, 5) is 57.4. The second kappa shape index (κ2) is 22.2. The minimum Gasteiger partial charge on any atom is -0.496 e. The number of nitrogens with zero attached hydrogens (tertiary/aromatic N) is 1. The van der Waals surface area contributed by atoms with Crippen LogP contribution in [-0.4, -0.2) is 95.3 Å². The third-order valence-corrected chi connectivity index (χ3v) is 9.89. The molecule has 12 nitrogen and oxygen atoms in total. The largest absolute Gasteiger partial charge is 0.496 e. The zero-order valence-electron chi connectivity index (χ0n) is 31.8. The molecule has 1 aliphatic carbocycles. The van der Waals surface area contributed by atoms with Gasteiger partial charge in [-0.3, -0.25) is 24.1 Å². The Morgan fingerprint density at radius 3 is 2.31 bits per heavy atom. The van der Waals surface area contributed by atoms with Crippen molar-refractivity contribution >= 4 is 36.0 Å². The number of carbonyl (C=O) groups is 4. The number of halogens is 1. The van der Waals surface area contributed by atoms with Crippen LogP contribution in [-0.2, 0) is 30.3 Å². The van der Waals surface area contributed by atoms with Gasteiger partial charge in [0.2, 0.25) is 23.6 Å². The highest BCUT2D eigenvalue weighted by atomic mass is 35.5. The van der Waals surface area contributed by atoms with E-state index < -0.39 is 47.4 Å². The van der Waals surface area contributed by atoms with E-state index in [0.29, 0.717) is 25.3 Å². The Kier molecular flexibility index (Phi) is 19.3. The Hall–Kier alpha value is -3.03. The molecule has 5 atom stereocenters. The normalized spacial score (nSPS) is 19.0. The van der Waals surface area contributed by atoms with Crippen LogP contribution in [0.25, 0.3) is 0 Å². The fraction of sp³-hybridized carbons (Fsp3) is 0.692. The zero-order valence-corrected chi connectivity index (χ0v) is 32.6. The maximum atomic E-state index is 15.2. The van der Waals surface area contributed by atoms with E-state index in [4.69, 9.17) is 10.5 Å². The van der Waals surface area contributed by atoms with Crippen LogP contribution in [0.2, 0.25) is 0 Å². The van der Waals surface area contributed by atoms with Crippen molar-refractivity contribution in [3.05, 3.63) is 47.7 Å². The number of hydrogen-bond donors (Lipinski definition) is 6. The number of aliphatic hydroxyl groups is 2. The van der Waals surface area contributed by atoms with Gasteiger partial charge in [0.1, 0.15) is 11.3 Å². The van der Waals surface area contributed by atoms with Gasteiger partial charge in [-0.2, -0.15) is 0 Å². The highest BCUT2D eigenvalue weighted by molar-refractivity contribution is 6.04. The Labute approximate surface area is 316 Å². The van der Waals surface area contributed by atoms with Crippen molar-refractivity contribution in [2.24, 2.45) is 29.4 Å². The predicted molar refractivity (Wildman–Crippen MR) is 204 cm³/mol. The quantitative estimate of drug-likeness (QED) is 0.109. The molecule has 0 radical (unpaired) electrons. The molecule has 7 N–H and O–H groups in total. The van der Waals surface area contributed by atoms with Crippen molar-refractivity contribution in [1.82, 2.24) is 20.9 Å². The summed E-state index contributed by atoms with van der Waals surface area (Å²) in [6.45, 7) is 10.1. The van der Waals surface area contributed by atoms with Crippen LogP contribution in [0, 0.1) is 23.7 Å². The first-order valence-corrected chi connectivity index (χ1v) is 18.8. The van der Waals surface area contributed by atoms with E-state index in [-0.39, 0.29) is 75.1 Å². The second-order valence-electron chi connectivity index (χ2n) is 15.3. The van der Waals surface area contributed by atoms with Crippen LogP contribution in [0.4, 0.5) is 0 Å². The Morgan fingerprint density at radius 1 is 1.04 bits per heavy atom. The van der Waals surface area contributed by atoms with Crippen molar-refractivity contribution in [3.8, 4) is 0 Å². The maximum absolute atomic E-state index is 15.2. The summed E-state index contributed by atoms with van der Waals surface area (Å²) in [7, 11) is 0. The smallest absolute Gasteiger partial charge is 0.247 e. The van der Waals surface area contributed by atoms with Gasteiger partial charge in [-0.25, -0.2) is 0 Å². The molecule has 0 aromatic heterocycles. The predicted octanol–water partition coefficient (Wildman–Crippen LogP) is 3.23. The number of ether oxygens (including phenoxy) is 1. The molecule has 0 spiro atoms. The third-order valence-electron chi connectivity index (χ3n) is 9.89. The molecule has 3 rings (SSSR count). The molecule has 294 valence electrons. The number of amides is 4. The maximum Gasteiger partial charge on any atom is 0.247 e. The van der Waals surface area contributed by atoms with Crippen molar-refractivity contribution < 1.29 is 34.1 Å². The first kappa shape index (κ1) is 45.1. The summed E-state index contributed by atoms with van der Waals surface area (Å²) in [6, 6.07) is 7.33. The molecular weight excluding hydrogens is 686 g/mol. The second-order valence-corrected chi connectivity index (χ2v) is 15.3. The number of aliphatic hydroxyl groups excluding tert-OH is 2. The molecule has 1 heterocycles. The lowest BCUT2D eigenvalue weighted by atomic mass is 9.74. The molecule has 1 aromatic carbocycles. The Bertz CT molecular complexity index is 1310. The van der Waals surface area contributed by atoms with Gasteiger partial charge in [0.15, 0.2) is 0 Å². The van der Waals surface area contributed by atoms with E-state index in [0.717, 1.165) is 42.6 Å². The van der Waals surface area contributed by atoms with Crippen molar-refractivity contribution in [3.63, 3.8) is 0 Å². The van der Waals surface area contributed by atoms with Gasteiger partial charge in [0.25, 0.3) is 0 Å². The van der Waals surface area contributed by atoms with E-state index in [9.17, 15) is 24.6 Å². The summed E-state index contributed by atoms with van der Waals surface area (Å²) >= 11 is 0. The molecule has 1 saturated carbocycles. The van der Waals surface area contributed by atoms with E-state index in [2.05, 4.69) is 16.0 Å². The number of benzene rings is 1. The number of nitrogens with one attached hydrogen (secondary N) is 3. The number of imide groups is 1. The van der Waals surface area contributed by atoms with Crippen LogP contribution < -0.4 is 21.7 Å². The minimum atomic E-state index is -1.77. The Morgan fingerprint density at radius 2 is 1.71 bits per heavy atom. The molecule has 1 aliphatic heterocycles. The average molecular weight is 750 g/mol. The lowest BCUT2D eigenvalue weighted by Crippen LogP contribution is -2.70. The molecule has 1 fully saturated rings. The van der Waals surface area contributed by atoms with Gasteiger partial charge in [-0.05, 0) is 48.7 Å². The fourth-order valence-corrected chi connectivity index (χ4v) is 7.45. The average Bonchev–Trinajstić information content (AvgIpc) is 3.56. The van der Waals surface area contributed by atoms with Crippen LogP contribution >= 0.6 is 12.4 Å². The monoisotopic (exact) mass is 749 g/mol. The summed E-state index contributed by atoms with van der Waals surface area (Å²) in [6.07, 6.45) is 6.23. The summed E-state index contributed by atoms with van der Waals surface area (Å²) in [5, 5.41) is 29.9. The minimum absolute atomic E-state index is 0. The van der Waals surface area contributed by atoms with Gasteiger partial charge in [0, 0.05) is 25.9 Å². The molecule has 52 heavy (non-hydrogen) atoms. The van der Waals surface area contributed by atoms with Crippen LogP contribution in [0.5, 0.6) is 0 Å². The van der Waals surface area contributed by atoms with Crippen molar-refractivity contribution in [2.45, 2.75) is 116 Å².